The van der Waals surface area contributed by atoms with Crippen LogP contribution in [0.2, 0.25) is 0 Å². The number of carbonyl (C=O) groups excluding carboxylic acids is 1. The standard InChI is InChI=1S/C12H16BrNO/c1-2-7-14-9-12(15)8-10-3-5-11(13)6-4-10/h3-6,14H,2,7-9H2,1H3. The highest BCUT2D eigenvalue weighted by Gasteiger charge is 2.02. The summed E-state index contributed by atoms with van der Waals surface area (Å²) in [4.78, 5) is 11.5. The normalized spacial score (nSPS) is 10.3. The molecule has 3 heteroatoms. The van der Waals surface area contributed by atoms with Crippen LogP contribution < -0.4 is 5.32 Å². The van der Waals surface area contributed by atoms with Crippen molar-refractivity contribution in [1.82, 2.24) is 5.32 Å². The summed E-state index contributed by atoms with van der Waals surface area (Å²) in [6, 6.07) is 7.87. The molecule has 0 spiro atoms. The molecule has 0 fully saturated rings. The van der Waals surface area contributed by atoms with Gasteiger partial charge >= 0.3 is 0 Å². The van der Waals surface area contributed by atoms with E-state index in [4.69, 9.17) is 0 Å². The van der Waals surface area contributed by atoms with Crippen molar-refractivity contribution in [3.8, 4) is 0 Å². The summed E-state index contributed by atoms with van der Waals surface area (Å²) < 4.78 is 1.04. The largest absolute Gasteiger partial charge is 0.310 e. The summed E-state index contributed by atoms with van der Waals surface area (Å²) in [5.74, 6) is 0.241. The third kappa shape index (κ3) is 5.09. The van der Waals surface area contributed by atoms with Crippen LogP contribution >= 0.6 is 15.9 Å². The van der Waals surface area contributed by atoms with Crippen LogP contribution in [-0.4, -0.2) is 18.9 Å². The van der Waals surface area contributed by atoms with E-state index in [1.54, 1.807) is 0 Å². The Morgan fingerprint density at radius 3 is 2.60 bits per heavy atom. The molecule has 0 radical (unpaired) electrons. The number of hydrogen-bond donors (Lipinski definition) is 1. The van der Waals surface area contributed by atoms with E-state index in [1.807, 2.05) is 24.3 Å². The topological polar surface area (TPSA) is 29.1 Å². The van der Waals surface area contributed by atoms with E-state index in [0.29, 0.717) is 13.0 Å². The minimum atomic E-state index is 0.241. The van der Waals surface area contributed by atoms with Crippen molar-refractivity contribution in [3.63, 3.8) is 0 Å². The third-order valence-electron chi connectivity index (χ3n) is 2.06. The molecule has 0 heterocycles. The predicted octanol–water partition coefficient (Wildman–Crippen LogP) is 2.56. The van der Waals surface area contributed by atoms with Crippen molar-refractivity contribution in [2.75, 3.05) is 13.1 Å². The van der Waals surface area contributed by atoms with Gasteiger partial charge in [-0.15, -0.1) is 0 Å². The molecule has 0 aliphatic carbocycles. The van der Waals surface area contributed by atoms with Crippen molar-refractivity contribution >= 4 is 21.7 Å². The average molecular weight is 270 g/mol. The molecule has 0 atom stereocenters. The molecule has 82 valence electrons. The van der Waals surface area contributed by atoms with Crippen molar-refractivity contribution < 1.29 is 4.79 Å². The van der Waals surface area contributed by atoms with E-state index in [2.05, 4.69) is 28.2 Å². The molecule has 2 nitrogen and oxygen atoms in total. The lowest BCUT2D eigenvalue weighted by atomic mass is 10.1. The number of nitrogens with one attached hydrogen (secondary N) is 1. The van der Waals surface area contributed by atoms with E-state index in [9.17, 15) is 4.79 Å². The van der Waals surface area contributed by atoms with Crippen molar-refractivity contribution in [2.45, 2.75) is 19.8 Å². The maximum Gasteiger partial charge on any atom is 0.150 e. The van der Waals surface area contributed by atoms with Gasteiger partial charge in [0.15, 0.2) is 5.78 Å². The molecule has 1 aromatic rings. The predicted molar refractivity (Wildman–Crippen MR) is 66.0 cm³/mol. The minimum absolute atomic E-state index is 0.241. The molecule has 1 aromatic carbocycles. The molecular weight excluding hydrogens is 254 g/mol. The zero-order chi connectivity index (χ0) is 11.1. The highest BCUT2D eigenvalue weighted by atomic mass is 79.9. The molecule has 0 aliphatic rings. The monoisotopic (exact) mass is 269 g/mol. The fourth-order valence-corrected chi connectivity index (χ4v) is 1.56. The molecule has 1 rings (SSSR count). The Balaban J connectivity index is 2.34. The van der Waals surface area contributed by atoms with Gasteiger partial charge < -0.3 is 5.32 Å². The SMILES string of the molecule is CCCNCC(=O)Cc1ccc(Br)cc1. The van der Waals surface area contributed by atoms with Crippen LogP contribution in [0.3, 0.4) is 0 Å². The van der Waals surface area contributed by atoms with Crippen molar-refractivity contribution in [2.24, 2.45) is 0 Å². The number of ketones is 1. The second kappa shape index (κ2) is 6.75. The summed E-state index contributed by atoms with van der Waals surface area (Å²) in [6.45, 7) is 3.47. The van der Waals surface area contributed by atoms with Gasteiger partial charge in [0.1, 0.15) is 0 Å². The number of carbonyl (C=O) groups is 1. The van der Waals surface area contributed by atoms with Crippen molar-refractivity contribution in [3.05, 3.63) is 34.3 Å². The van der Waals surface area contributed by atoms with Crippen LogP contribution in [0.25, 0.3) is 0 Å². The Morgan fingerprint density at radius 1 is 1.33 bits per heavy atom. The molecule has 0 amide bonds. The summed E-state index contributed by atoms with van der Waals surface area (Å²) in [5.41, 5.74) is 1.07. The van der Waals surface area contributed by atoms with Crippen LogP contribution in [0, 0.1) is 0 Å². The maximum atomic E-state index is 11.5. The number of rotatable bonds is 6. The summed E-state index contributed by atoms with van der Waals surface area (Å²) in [5, 5.41) is 3.11. The molecule has 15 heavy (non-hydrogen) atoms. The van der Waals surface area contributed by atoms with Crippen LogP contribution in [0.15, 0.2) is 28.7 Å². The molecule has 0 saturated carbocycles. The first-order valence-electron chi connectivity index (χ1n) is 5.19. The van der Waals surface area contributed by atoms with Crippen LogP contribution in [0.1, 0.15) is 18.9 Å². The van der Waals surface area contributed by atoms with Crippen LogP contribution in [0.5, 0.6) is 0 Å². The van der Waals surface area contributed by atoms with Gasteiger partial charge in [-0.1, -0.05) is 35.0 Å². The van der Waals surface area contributed by atoms with E-state index < -0.39 is 0 Å². The molecule has 0 aromatic heterocycles. The van der Waals surface area contributed by atoms with Gasteiger partial charge in [0, 0.05) is 10.9 Å². The zero-order valence-corrected chi connectivity index (χ0v) is 10.5. The van der Waals surface area contributed by atoms with Crippen LogP contribution in [-0.2, 0) is 11.2 Å². The lowest BCUT2D eigenvalue weighted by Gasteiger charge is -2.02. The van der Waals surface area contributed by atoms with E-state index >= 15 is 0 Å². The molecule has 0 saturated heterocycles. The third-order valence-corrected chi connectivity index (χ3v) is 2.59. The second-order valence-electron chi connectivity index (χ2n) is 3.52. The Hall–Kier alpha value is -0.670. The van der Waals surface area contributed by atoms with Gasteiger partial charge in [-0.25, -0.2) is 0 Å². The first-order valence-corrected chi connectivity index (χ1v) is 5.98. The molecule has 0 aliphatic heterocycles. The van der Waals surface area contributed by atoms with E-state index in [-0.39, 0.29) is 5.78 Å². The minimum Gasteiger partial charge on any atom is -0.310 e. The Bertz CT molecular complexity index is 308. The lowest BCUT2D eigenvalue weighted by molar-refractivity contribution is -0.117. The van der Waals surface area contributed by atoms with E-state index in [1.165, 1.54) is 0 Å². The highest BCUT2D eigenvalue weighted by molar-refractivity contribution is 9.10. The van der Waals surface area contributed by atoms with Crippen LogP contribution in [0.4, 0.5) is 0 Å². The first-order chi connectivity index (χ1) is 7.22. The lowest BCUT2D eigenvalue weighted by Crippen LogP contribution is -2.24. The van der Waals surface area contributed by atoms with E-state index in [0.717, 1.165) is 23.0 Å². The number of benzene rings is 1. The summed E-state index contributed by atoms with van der Waals surface area (Å²) in [7, 11) is 0. The first kappa shape index (κ1) is 12.4. The van der Waals surface area contributed by atoms with Gasteiger partial charge in [-0.3, -0.25) is 4.79 Å². The zero-order valence-electron chi connectivity index (χ0n) is 8.92. The summed E-state index contributed by atoms with van der Waals surface area (Å²) in [6.07, 6.45) is 1.58. The quantitative estimate of drug-likeness (QED) is 0.805. The molecule has 0 bridgehead atoms. The fourth-order valence-electron chi connectivity index (χ4n) is 1.30. The molecule has 1 N–H and O–H groups in total. The smallest absolute Gasteiger partial charge is 0.150 e. The number of hydrogen-bond acceptors (Lipinski definition) is 2. The summed E-state index contributed by atoms with van der Waals surface area (Å²) >= 11 is 3.37. The molecule has 0 unspecified atom stereocenters. The fraction of sp³-hybridized carbons (Fsp3) is 0.417. The van der Waals surface area contributed by atoms with Gasteiger partial charge in [0.25, 0.3) is 0 Å². The maximum absolute atomic E-state index is 11.5. The number of halogens is 1. The Labute approximate surface area is 99.2 Å². The van der Waals surface area contributed by atoms with Gasteiger partial charge in [0.2, 0.25) is 0 Å². The average Bonchev–Trinajstić information content (AvgIpc) is 2.22. The van der Waals surface area contributed by atoms with Crippen molar-refractivity contribution in [1.29, 1.82) is 0 Å². The Kier molecular flexibility index (Phi) is 5.58. The van der Waals surface area contributed by atoms with Gasteiger partial charge in [0.05, 0.1) is 6.54 Å². The van der Waals surface area contributed by atoms with Gasteiger partial charge in [-0.05, 0) is 30.7 Å². The highest BCUT2D eigenvalue weighted by Crippen LogP contribution is 2.10. The second-order valence-corrected chi connectivity index (χ2v) is 4.43. The van der Waals surface area contributed by atoms with Gasteiger partial charge in [-0.2, -0.15) is 0 Å². The Morgan fingerprint density at radius 2 is 2.00 bits per heavy atom. The number of Topliss-reactive ketones (excluding diaryl/α,β-unsaturated/α-hetero) is 1. The molecular formula is C12H16BrNO.